The molecule has 1 aliphatic carbocycles. The average molecular weight is 336 g/mol. The molecule has 0 aliphatic heterocycles. The maximum absolute atomic E-state index is 11.6. The highest BCUT2D eigenvalue weighted by atomic mass is 16.5. The van der Waals surface area contributed by atoms with E-state index < -0.39 is 5.97 Å². The summed E-state index contributed by atoms with van der Waals surface area (Å²) in [6.07, 6.45) is 10.1. The van der Waals surface area contributed by atoms with Gasteiger partial charge in [-0.1, -0.05) is 44.9 Å². The van der Waals surface area contributed by atoms with Crippen molar-refractivity contribution < 1.29 is 18.8 Å². The van der Waals surface area contributed by atoms with Crippen LogP contribution in [0.5, 0.6) is 0 Å². The van der Waals surface area contributed by atoms with Gasteiger partial charge < -0.3 is 14.1 Å². The third-order valence-corrected chi connectivity index (χ3v) is 4.67. The van der Waals surface area contributed by atoms with Crippen molar-refractivity contribution in [3.8, 4) is 0 Å². The molecule has 1 fully saturated rings. The van der Waals surface area contributed by atoms with Crippen molar-refractivity contribution in [3.05, 3.63) is 11.7 Å². The first-order valence-corrected chi connectivity index (χ1v) is 9.10. The van der Waals surface area contributed by atoms with E-state index in [0.717, 1.165) is 18.8 Å². The molecule has 6 heteroatoms. The topological polar surface area (TPSA) is 82.3 Å². The molecule has 1 unspecified atom stereocenters. The Morgan fingerprint density at radius 3 is 2.71 bits per heavy atom. The number of ether oxygens (including phenoxy) is 1. The average Bonchev–Trinajstić information content (AvgIpc) is 3.05. The third kappa shape index (κ3) is 5.73. The highest BCUT2D eigenvalue weighted by Crippen LogP contribution is 2.31. The molecule has 1 atom stereocenters. The summed E-state index contributed by atoms with van der Waals surface area (Å²) in [6, 6.07) is 0. The largest absolute Gasteiger partial charge is 0.460 e. The van der Waals surface area contributed by atoms with Gasteiger partial charge >= 0.3 is 5.97 Å². The number of esters is 1. The summed E-state index contributed by atoms with van der Waals surface area (Å²) < 4.78 is 10.1. The van der Waals surface area contributed by atoms with Crippen LogP contribution in [-0.2, 0) is 9.53 Å². The van der Waals surface area contributed by atoms with Gasteiger partial charge in [-0.05, 0) is 31.3 Å². The van der Waals surface area contributed by atoms with Gasteiger partial charge in [-0.2, -0.15) is 4.98 Å². The Balaban J connectivity index is 1.91. The maximum atomic E-state index is 11.6. The number of rotatable bonds is 9. The first-order valence-electron chi connectivity index (χ1n) is 9.10. The number of hydrogen-bond donors (Lipinski definition) is 0. The molecule has 0 N–H and O–H groups in total. The predicted octanol–water partition coefficient (Wildman–Crippen LogP) is 4.06. The van der Waals surface area contributed by atoms with E-state index in [1.54, 1.807) is 13.8 Å². The van der Waals surface area contributed by atoms with Gasteiger partial charge in [-0.15, -0.1) is 0 Å². The number of ketones is 1. The summed E-state index contributed by atoms with van der Waals surface area (Å²) in [6.45, 7) is 3.56. The van der Waals surface area contributed by atoms with Crippen molar-refractivity contribution in [2.45, 2.75) is 77.6 Å². The molecule has 1 heterocycles. The second-order valence-electron chi connectivity index (χ2n) is 6.71. The van der Waals surface area contributed by atoms with E-state index in [1.165, 1.54) is 38.5 Å². The van der Waals surface area contributed by atoms with E-state index in [-0.39, 0.29) is 24.1 Å². The van der Waals surface area contributed by atoms with Gasteiger partial charge in [-0.25, -0.2) is 4.79 Å². The second kappa shape index (κ2) is 9.55. The quantitative estimate of drug-likeness (QED) is 0.632. The van der Waals surface area contributed by atoms with Crippen LogP contribution in [0.1, 0.15) is 94.1 Å². The minimum absolute atomic E-state index is 0.0623. The Labute approximate surface area is 143 Å². The van der Waals surface area contributed by atoms with E-state index in [2.05, 4.69) is 10.1 Å². The highest BCUT2D eigenvalue weighted by molar-refractivity contribution is 5.84. The minimum Gasteiger partial charge on any atom is -0.460 e. The molecule has 0 amide bonds. The van der Waals surface area contributed by atoms with Crippen LogP contribution in [0.25, 0.3) is 0 Å². The molecule has 2 rings (SSSR count). The van der Waals surface area contributed by atoms with Gasteiger partial charge in [0, 0.05) is 12.3 Å². The fourth-order valence-corrected chi connectivity index (χ4v) is 3.47. The molecule has 0 saturated heterocycles. The summed E-state index contributed by atoms with van der Waals surface area (Å²) in [7, 11) is 0. The van der Waals surface area contributed by atoms with Crippen LogP contribution in [0, 0.1) is 5.92 Å². The van der Waals surface area contributed by atoms with E-state index in [4.69, 9.17) is 9.26 Å². The number of aromatic nitrogens is 2. The van der Waals surface area contributed by atoms with Crippen LogP contribution in [0.4, 0.5) is 0 Å². The highest BCUT2D eigenvalue weighted by Gasteiger charge is 2.24. The van der Waals surface area contributed by atoms with Crippen molar-refractivity contribution in [3.63, 3.8) is 0 Å². The van der Waals surface area contributed by atoms with Crippen LogP contribution in [-0.4, -0.2) is 28.5 Å². The van der Waals surface area contributed by atoms with Crippen molar-refractivity contribution >= 4 is 11.8 Å². The molecular formula is C18H28N2O4. The monoisotopic (exact) mass is 336 g/mol. The molecule has 0 aromatic carbocycles. The summed E-state index contributed by atoms with van der Waals surface area (Å²) in [5, 5.41) is 3.69. The molecule has 0 radical (unpaired) electrons. The smallest absolute Gasteiger partial charge is 0.379 e. The summed E-state index contributed by atoms with van der Waals surface area (Å²) in [4.78, 5) is 27.3. The molecule has 1 saturated carbocycles. The number of carbonyl (C=O) groups is 2. The van der Waals surface area contributed by atoms with Crippen LogP contribution in [0.2, 0.25) is 0 Å². The summed E-state index contributed by atoms with van der Waals surface area (Å²) in [5.41, 5.74) is 0. The first kappa shape index (κ1) is 18.6. The zero-order valence-electron chi connectivity index (χ0n) is 14.8. The molecule has 24 heavy (non-hydrogen) atoms. The Morgan fingerprint density at radius 2 is 2.04 bits per heavy atom. The van der Waals surface area contributed by atoms with Crippen LogP contribution < -0.4 is 0 Å². The normalized spacial score (nSPS) is 16.8. The fraction of sp³-hybridized carbons (Fsp3) is 0.778. The van der Waals surface area contributed by atoms with Gasteiger partial charge in [0.2, 0.25) is 5.89 Å². The Hall–Kier alpha value is -1.72. The van der Waals surface area contributed by atoms with Crippen molar-refractivity contribution in [1.82, 2.24) is 10.1 Å². The third-order valence-electron chi connectivity index (χ3n) is 4.67. The van der Waals surface area contributed by atoms with Gasteiger partial charge in [0.05, 0.1) is 6.61 Å². The second-order valence-corrected chi connectivity index (χ2v) is 6.71. The van der Waals surface area contributed by atoms with Crippen molar-refractivity contribution in [2.24, 2.45) is 5.92 Å². The van der Waals surface area contributed by atoms with Gasteiger partial charge in [-0.3, -0.25) is 0 Å². The van der Waals surface area contributed by atoms with Crippen molar-refractivity contribution in [1.29, 1.82) is 0 Å². The molecule has 0 bridgehead atoms. The standard InChI is InChI=1S/C18H28N2O4/c1-3-23-18(22)16-19-17(24-20-16)15(12-13(2)21)11-7-10-14-8-5-4-6-9-14/h14-15H,3-12H2,1-2H3. The van der Waals surface area contributed by atoms with E-state index >= 15 is 0 Å². The number of carbonyl (C=O) groups excluding carboxylic acids is 2. The lowest BCUT2D eigenvalue weighted by Gasteiger charge is -2.22. The SMILES string of the molecule is CCOC(=O)c1noc(C(CCCC2CCCCC2)CC(C)=O)n1. The maximum Gasteiger partial charge on any atom is 0.379 e. The first-order chi connectivity index (χ1) is 11.6. The minimum atomic E-state index is -0.587. The van der Waals surface area contributed by atoms with Crippen LogP contribution in [0.15, 0.2) is 4.52 Å². The zero-order valence-corrected chi connectivity index (χ0v) is 14.8. The molecule has 1 aromatic heterocycles. The van der Waals surface area contributed by atoms with Gasteiger partial charge in [0.25, 0.3) is 5.82 Å². The van der Waals surface area contributed by atoms with Crippen molar-refractivity contribution in [2.75, 3.05) is 6.61 Å². The summed E-state index contributed by atoms with van der Waals surface area (Å²) >= 11 is 0. The predicted molar refractivity (Wildman–Crippen MR) is 88.7 cm³/mol. The fourth-order valence-electron chi connectivity index (χ4n) is 3.47. The number of nitrogens with zero attached hydrogens (tertiary/aromatic N) is 2. The van der Waals surface area contributed by atoms with Crippen LogP contribution in [0.3, 0.4) is 0 Å². The lowest BCUT2D eigenvalue weighted by Crippen LogP contribution is -2.10. The molecule has 1 aromatic rings. The lowest BCUT2D eigenvalue weighted by molar-refractivity contribution is -0.117. The van der Waals surface area contributed by atoms with Gasteiger partial charge in [0.15, 0.2) is 0 Å². The zero-order chi connectivity index (χ0) is 17.4. The summed E-state index contributed by atoms with van der Waals surface area (Å²) in [5.74, 6) is 0.519. The van der Waals surface area contributed by atoms with E-state index in [1.807, 2.05) is 0 Å². The van der Waals surface area contributed by atoms with E-state index in [0.29, 0.717) is 12.3 Å². The lowest BCUT2D eigenvalue weighted by atomic mass is 9.84. The molecule has 0 spiro atoms. The molecule has 6 nitrogen and oxygen atoms in total. The molecular weight excluding hydrogens is 308 g/mol. The number of hydrogen-bond acceptors (Lipinski definition) is 6. The number of Topliss-reactive ketones (excluding diaryl/α,β-unsaturated/α-hetero) is 1. The van der Waals surface area contributed by atoms with E-state index in [9.17, 15) is 9.59 Å². The Bertz CT molecular complexity index is 535. The Morgan fingerprint density at radius 1 is 1.29 bits per heavy atom. The Kier molecular flexibility index (Phi) is 7.40. The molecule has 1 aliphatic rings. The van der Waals surface area contributed by atoms with Gasteiger partial charge in [0.1, 0.15) is 5.78 Å². The van der Waals surface area contributed by atoms with Crippen LogP contribution >= 0.6 is 0 Å². The molecule has 134 valence electrons.